The van der Waals surface area contributed by atoms with Crippen LogP contribution in [0, 0.1) is 5.92 Å². The molecule has 1 N–H and O–H groups in total. The van der Waals surface area contributed by atoms with E-state index >= 15 is 0 Å². The van der Waals surface area contributed by atoms with E-state index in [4.69, 9.17) is 4.74 Å². The maximum absolute atomic E-state index is 11.6. The first kappa shape index (κ1) is 13.9. The van der Waals surface area contributed by atoms with Crippen molar-refractivity contribution in [2.24, 2.45) is 5.92 Å². The summed E-state index contributed by atoms with van der Waals surface area (Å²) >= 11 is 0. The highest BCUT2D eigenvalue weighted by molar-refractivity contribution is 5.67. The van der Waals surface area contributed by atoms with Gasteiger partial charge in [0.05, 0.1) is 0 Å². The lowest BCUT2D eigenvalue weighted by Gasteiger charge is -2.25. The number of aryl methyl sites for hydroxylation is 1. The third-order valence-corrected chi connectivity index (χ3v) is 3.38. The van der Waals surface area contributed by atoms with Gasteiger partial charge in [-0.3, -0.25) is 0 Å². The first-order valence-electron chi connectivity index (χ1n) is 6.98. The van der Waals surface area contributed by atoms with Gasteiger partial charge in [0.2, 0.25) is 0 Å². The van der Waals surface area contributed by atoms with Crippen molar-refractivity contribution in [3.8, 4) is 0 Å². The Kier molecular flexibility index (Phi) is 4.13. The predicted molar refractivity (Wildman–Crippen MR) is 76.2 cm³/mol. The van der Waals surface area contributed by atoms with E-state index in [1.54, 1.807) is 0 Å². The molecule has 1 aromatic carbocycles. The molecule has 3 nitrogen and oxygen atoms in total. The second-order valence-electron chi connectivity index (χ2n) is 6.26. The van der Waals surface area contributed by atoms with Gasteiger partial charge in [-0.15, -0.1) is 0 Å². The van der Waals surface area contributed by atoms with E-state index in [1.807, 2.05) is 20.8 Å². The summed E-state index contributed by atoms with van der Waals surface area (Å²) in [5, 5.41) is 2.88. The van der Waals surface area contributed by atoms with E-state index in [2.05, 4.69) is 29.6 Å². The van der Waals surface area contributed by atoms with Crippen molar-refractivity contribution in [2.75, 3.05) is 6.54 Å². The van der Waals surface area contributed by atoms with E-state index in [0.717, 1.165) is 19.3 Å². The Hall–Kier alpha value is -1.51. The number of alkyl carbamates (subject to hydrolysis) is 1. The maximum atomic E-state index is 11.6. The van der Waals surface area contributed by atoms with Crippen LogP contribution in [0.3, 0.4) is 0 Å². The zero-order valence-electron chi connectivity index (χ0n) is 12.0. The molecule has 1 amide bonds. The summed E-state index contributed by atoms with van der Waals surface area (Å²) in [6, 6.07) is 8.57. The van der Waals surface area contributed by atoms with Gasteiger partial charge in [-0.05, 0) is 57.1 Å². The van der Waals surface area contributed by atoms with Crippen molar-refractivity contribution < 1.29 is 9.53 Å². The van der Waals surface area contributed by atoms with Crippen LogP contribution >= 0.6 is 0 Å². The van der Waals surface area contributed by atoms with Gasteiger partial charge in [0.15, 0.2) is 0 Å². The van der Waals surface area contributed by atoms with Crippen LogP contribution in [0.1, 0.15) is 38.3 Å². The zero-order valence-corrected chi connectivity index (χ0v) is 12.0. The fourth-order valence-electron chi connectivity index (χ4n) is 2.49. The van der Waals surface area contributed by atoms with Crippen LogP contribution in [0.2, 0.25) is 0 Å². The quantitative estimate of drug-likeness (QED) is 0.887. The van der Waals surface area contributed by atoms with Gasteiger partial charge < -0.3 is 10.1 Å². The molecule has 0 unspecified atom stereocenters. The first-order valence-corrected chi connectivity index (χ1v) is 6.98. The summed E-state index contributed by atoms with van der Waals surface area (Å²) < 4.78 is 5.25. The number of rotatable bonds is 2. The second-order valence-corrected chi connectivity index (χ2v) is 6.26. The number of carbonyl (C=O) groups is 1. The van der Waals surface area contributed by atoms with Crippen LogP contribution in [0.25, 0.3) is 0 Å². The molecule has 3 heteroatoms. The minimum Gasteiger partial charge on any atom is -0.444 e. The van der Waals surface area contributed by atoms with E-state index in [0.29, 0.717) is 12.5 Å². The summed E-state index contributed by atoms with van der Waals surface area (Å²) in [4.78, 5) is 11.6. The molecule has 2 rings (SSSR count). The Labute approximate surface area is 115 Å². The second kappa shape index (κ2) is 5.64. The average Bonchev–Trinajstić information content (AvgIpc) is 2.34. The first-order chi connectivity index (χ1) is 8.94. The van der Waals surface area contributed by atoms with Gasteiger partial charge >= 0.3 is 6.09 Å². The fraction of sp³-hybridized carbons (Fsp3) is 0.562. The SMILES string of the molecule is CC(C)(C)OC(=O)NC[C@@H]1CCc2ccccc2C1. The lowest BCUT2D eigenvalue weighted by Crippen LogP contribution is -2.36. The van der Waals surface area contributed by atoms with Crippen LogP contribution in [-0.2, 0) is 17.6 Å². The van der Waals surface area contributed by atoms with Crippen LogP contribution in [-0.4, -0.2) is 18.2 Å². The highest BCUT2D eigenvalue weighted by atomic mass is 16.6. The third-order valence-electron chi connectivity index (χ3n) is 3.38. The lowest BCUT2D eigenvalue weighted by molar-refractivity contribution is 0.0518. The molecule has 0 radical (unpaired) electrons. The Balaban J connectivity index is 1.81. The molecule has 0 aliphatic heterocycles. The molecule has 104 valence electrons. The molecule has 19 heavy (non-hydrogen) atoms. The topological polar surface area (TPSA) is 38.3 Å². The smallest absolute Gasteiger partial charge is 0.407 e. The molecule has 0 spiro atoms. The Bertz CT molecular complexity index is 448. The predicted octanol–water partition coefficient (Wildman–Crippen LogP) is 3.32. The van der Waals surface area contributed by atoms with E-state index in [9.17, 15) is 4.79 Å². The van der Waals surface area contributed by atoms with Crippen LogP contribution < -0.4 is 5.32 Å². The molecule has 0 fully saturated rings. The Morgan fingerprint density at radius 1 is 1.32 bits per heavy atom. The third kappa shape index (κ3) is 4.27. The van der Waals surface area contributed by atoms with Gasteiger partial charge in [0.1, 0.15) is 5.60 Å². The van der Waals surface area contributed by atoms with Gasteiger partial charge in [-0.25, -0.2) is 4.79 Å². The van der Waals surface area contributed by atoms with Crippen LogP contribution in [0.5, 0.6) is 0 Å². The molecule has 0 aromatic heterocycles. The molecule has 0 saturated heterocycles. The van der Waals surface area contributed by atoms with Crippen molar-refractivity contribution in [3.05, 3.63) is 35.4 Å². The molecule has 0 bridgehead atoms. The van der Waals surface area contributed by atoms with Gasteiger partial charge in [0.25, 0.3) is 0 Å². The van der Waals surface area contributed by atoms with Crippen molar-refractivity contribution in [2.45, 2.75) is 45.6 Å². The van der Waals surface area contributed by atoms with Crippen molar-refractivity contribution in [1.82, 2.24) is 5.32 Å². The summed E-state index contributed by atoms with van der Waals surface area (Å²) in [5.74, 6) is 0.516. The summed E-state index contributed by atoms with van der Waals surface area (Å²) in [6.07, 6.45) is 2.97. The minimum absolute atomic E-state index is 0.314. The fourth-order valence-corrected chi connectivity index (χ4v) is 2.49. The number of benzene rings is 1. The van der Waals surface area contributed by atoms with E-state index in [1.165, 1.54) is 11.1 Å². The minimum atomic E-state index is -0.427. The Morgan fingerprint density at radius 2 is 2.00 bits per heavy atom. The summed E-state index contributed by atoms with van der Waals surface area (Å²) in [6.45, 7) is 6.33. The molecule has 0 heterocycles. The maximum Gasteiger partial charge on any atom is 0.407 e. The Morgan fingerprint density at radius 3 is 2.68 bits per heavy atom. The van der Waals surface area contributed by atoms with E-state index < -0.39 is 5.60 Å². The molecule has 1 aromatic rings. The highest BCUT2D eigenvalue weighted by Gasteiger charge is 2.20. The van der Waals surface area contributed by atoms with E-state index in [-0.39, 0.29) is 6.09 Å². The van der Waals surface area contributed by atoms with Crippen LogP contribution in [0.15, 0.2) is 24.3 Å². The molecule has 1 atom stereocenters. The van der Waals surface area contributed by atoms with Gasteiger partial charge in [-0.1, -0.05) is 24.3 Å². The number of amides is 1. The normalized spacial score (nSPS) is 18.6. The number of fused-ring (bicyclic) bond motifs is 1. The zero-order chi connectivity index (χ0) is 13.9. The van der Waals surface area contributed by atoms with Crippen LogP contribution in [0.4, 0.5) is 4.79 Å². The number of nitrogens with one attached hydrogen (secondary N) is 1. The molecular formula is C16H23NO2. The monoisotopic (exact) mass is 261 g/mol. The number of carbonyl (C=O) groups excluding carboxylic acids is 1. The van der Waals surface area contributed by atoms with Crippen molar-refractivity contribution in [3.63, 3.8) is 0 Å². The molecule has 1 aliphatic rings. The number of hydrogen-bond donors (Lipinski definition) is 1. The summed E-state index contributed by atoms with van der Waals surface area (Å²) in [7, 11) is 0. The molecule has 0 saturated carbocycles. The lowest BCUT2D eigenvalue weighted by atomic mass is 9.84. The number of ether oxygens (including phenoxy) is 1. The average molecular weight is 261 g/mol. The van der Waals surface area contributed by atoms with Crippen molar-refractivity contribution in [1.29, 1.82) is 0 Å². The van der Waals surface area contributed by atoms with Gasteiger partial charge in [0, 0.05) is 6.54 Å². The molecular weight excluding hydrogens is 238 g/mol. The molecule has 1 aliphatic carbocycles. The van der Waals surface area contributed by atoms with Gasteiger partial charge in [-0.2, -0.15) is 0 Å². The highest BCUT2D eigenvalue weighted by Crippen LogP contribution is 2.24. The number of hydrogen-bond acceptors (Lipinski definition) is 2. The van der Waals surface area contributed by atoms with Crippen molar-refractivity contribution >= 4 is 6.09 Å². The standard InChI is InChI=1S/C16H23NO2/c1-16(2,3)19-15(18)17-11-12-8-9-13-6-4-5-7-14(13)10-12/h4-7,12H,8-11H2,1-3H3,(H,17,18)/t12-/m1/s1. The largest absolute Gasteiger partial charge is 0.444 e. The summed E-state index contributed by atoms with van der Waals surface area (Å²) in [5.41, 5.74) is 2.45.